The van der Waals surface area contributed by atoms with E-state index in [1.807, 2.05) is 42.5 Å². The van der Waals surface area contributed by atoms with Gasteiger partial charge in [-0.3, -0.25) is 0 Å². The van der Waals surface area contributed by atoms with Crippen LogP contribution in [0.4, 0.5) is 5.69 Å². The first kappa shape index (κ1) is 17.2. The molecule has 0 aromatic heterocycles. The molecule has 5 heteroatoms. The lowest BCUT2D eigenvalue weighted by atomic mass is 10.1. The van der Waals surface area contributed by atoms with Crippen LogP contribution in [0, 0.1) is 0 Å². The Morgan fingerprint density at radius 1 is 1.13 bits per heavy atom. The first-order chi connectivity index (χ1) is 11.1. The zero-order chi connectivity index (χ0) is 16.7. The van der Waals surface area contributed by atoms with Crippen molar-refractivity contribution in [1.29, 1.82) is 0 Å². The molecule has 0 aliphatic heterocycles. The molecule has 0 spiro atoms. The topological polar surface area (TPSA) is 37.7 Å². The normalized spacial score (nSPS) is 11.8. The Balaban J connectivity index is 2.05. The summed E-state index contributed by atoms with van der Waals surface area (Å²) >= 11 is 5.47. The van der Waals surface area contributed by atoms with Crippen LogP contribution in [0.3, 0.4) is 0 Å². The lowest BCUT2D eigenvalue weighted by Crippen LogP contribution is -3.06. The molecule has 0 aliphatic rings. The molecule has 122 valence electrons. The van der Waals surface area contributed by atoms with Crippen molar-refractivity contribution in [3.63, 3.8) is 0 Å². The summed E-state index contributed by atoms with van der Waals surface area (Å²) in [6, 6.07) is 18.2. The fourth-order valence-corrected chi connectivity index (χ4v) is 2.63. The van der Waals surface area contributed by atoms with E-state index in [4.69, 9.17) is 17.0 Å². The van der Waals surface area contributed by atoms with Gasteiger partial charge in [0.05, 0.1) is 21.2 Å². The van der Waals surface area contributed by atoms with E-state index in [1.54, 1.807) is 7.11 Å². The number of benzene rings is 2. The van der Waals surface area contributed by atoms with Gasteiger partial charge in [0.2, 0.25) is 0 Å². The molecule has 23 heavy (non-hydrogen) atoms. The molecule has 2 aromatic carbocycles. The van der Waals surface area contributed by atoms with Gasteiger partial charge in [-0.1, -0.05) is 36.4 Å². The summed E-state index contributed by atoms with van der Waals surface area (Å²) in [7, 11) is 5.92. The highest BCUT2D eigenvalue weighted by molar-refractivity contribution is 7.80. The Bertz CT molecular complexity index is 631. The Morgan fingerprint density at radius 3 is 2.52 bits per heavy atom. The number of hydrogen-bond acceptors (Lipinski definition) is 2. The number of methoxy groups -OCH3 is 1. The maximum Gasteiger partial charge on any atom is 0.171 e. The highest BCUT2D eigenvalue weighted by Crippen LogP contribution is 2.17. The lowest BCUT2D eigenvalue weighted by Gasteiger charge is -2.22. The molecule has 0 radical (unpaired) electrons. The van der Waals surface area contributed by atoms with Gasteiger partial charge in [0, 0.05) is 11.8 Å². The maximum atomic E-state index is 5.47. The van der Waals surface area contributed by atoms with Crippen LogP contribution in [-0.2, 0) is 0 Å². The molecule has 0 aliphatic carbocycles. The molecule has 0 saturated carbocycles. The van der Waals surface area contributed by atoms with Gasteiger partial charge >= 0.3 is 0 Å². The van der Waals surface area contributed by atoms with Crippen LogP contribution < -0.4 is 20.3 Å². The number of quaternary nitrogens is 1. The summed E-state index contributed by atoms with van der Waals surface area (Å²) in [6.07, 6.45) is 0. The van der Waals surface area contributed by atoms with Gasteiger partial charge in [0.15, 0.2) is 5.11 Å². The fraction of sp³-hybridized carbons (Fsp3) is 0.278. The molecule has 0 bridgehead atoms. The van der Waals surface area contributed by atoms with Gasteiger partial charge < -0.3 is 20.3 Å². The van der Waals surface area contributed by atoms with Crippen molar-refractivity contribution < 1.29 is 9.64 Å². The fourth-order valence-electron chi connectivity index (χ4n) is 2.37. The second-order valence-electron chi connectivity index (χ2n) is 5.70. The second-order valence-corrected chi connectivity index (χ2v) is 6.11. The Labute approximate surface area is 143 Å². The van der Waals surface area contributed by atoms with Gasteiger partial charge in [0.1, 0.15) is 18.3 Å². The minimum atomic E-state index is 0.159. The summed E-state index contributed by atoms with van der Waals surface area (Å²) in [5.74, 6) is 0.801. The van der Waals surface area contributed by atoms with Crippen LogP contribution in [0.5, 0.6) is 5.75 Å². The van der Waals surface area contributed by atoms with Crippen molar-refractivity contribution in [1.82, 2.24) is 5.32 Å². The Morgan fingerprint density at radius 2 is 1.87 bits per heavy atom. The molecule has 0 amide bonds. The molecule has 0 fully saturated rings. The van der Waals surface area contributed by atoms with Crippen molar-refractivity contribution in [2.75, 3.05) is 33.1 Å². The van der Waals surface area contributed by atoms with Crippen LogP contribution in [0.1, 0.15) is 11.6 Å². The van der Waals surface area contributed by atoms with E-state index in [0.29, 0.717) is 5.11 Å². The number of rotatable bonds is 6. The standard InChI is InChI=1S/C18H23N3OS/c1-21(2)13-17(14-8-5-4-6-9-14)20-18(23)19-15-10-7-11-16(12-15)22-3/h4-12,17H,13H2,1-3H3,(H2,19,20,23)/p+1/t17-/m0/s1. The van der Waals surface area contributed by atoms with E-state index < -0.39 is 0 Å². The predicted molar refractivity (Wildman–Crippen MR) is 99.2 cm³/mol. The summed E-state index contributed by atoms with van der Waals surface area (Å²) in [4.78, 5) is 1.36. The third-order valence-electron chi connectivity index (χ3n) is 3.45. The lowest BCUT2D eigenvalue weighted by molar-refractivity contribution is -0.860. The van der Waals surface area contributed by atoms with Gasteiger partial charge in [0.25, 0.3) is 0 Å². The molecule has 1 atom stereocenters. The van der Waals surface area contributed by atoms with Crippen LogP contribution in [0.25, 0.3) is 0 Å². The van der Waals surface area contributed by atoms with Crippen molar-refractivity contribution in [2.24, 2.45) is 0 Å². The molecule has 0 unspecified atom stereocenters. The largest absolute Gasteiger partial charge is 0.497 e. The van der Waals surface area contributed by atoms with Crippen LogP contribution in [-0.4, -0.2) is 32.9 Å². The van der Waals surface area contributed by atoms with Crippen molar-refractivity contribution in [2.45, 2.75) is 6.04 Å². The first-order valence-electron chi connectivity index (χ1n) is 7.64. The number of likely N-dealkylation sites (N-methyl/N-ethyl adjacent to an activating group) is 1. The predicted octanol–water partition coefficient (Wildman–Crippen LogP) is 1.87. The summed E-state index contributed by atoms with van der Waals surface area (Å²) in [5.41, 5.74) is 2.13. The SMILES string of the molecule is COc1cccc(NC(=S)N[C@@H](C[NH+](C)C)c2ccccc2)c1. The van der Waals surface area contributed by atoms with Gasteiger partial charge in [-0.25, -0.2) is 0 Å². The molecule has 0 saturated heterocycles. The van der Waals surface area contributed by atoms with E-state index in [9.17, 15) is 0 Å². The third kappa shape index (κ3) is 5.54. The monoisotopic (exact) mass is 330 g/mol. The number of thiocarbonyl (C=S) groups is 1. The average molecular weight is 330 g/mol. The summed E-state index contributed by atoms with van der Waals surface area (Å²) < 4.78 is 5.23. The number of ether oxygens (including phenoxy) is 1. The minimum absolute atomic E-state index is 0.159. The molecule has 4 nitrogen and oxygen atoms in total. The minimum Gasteiger partial charge on any atom is -0.497 e. The zero-order valence-electron chi connectivity index (χ0n) is 13.8. The molecule has 0 heterocycles. The van der Waals surface area contributed by atoms with Crippen LogP contribution in [0.15, 0.2) is 54.6 Å². The number of hydrogen-bond donors (Lipinski definition) is 3. The van der Waals surface area contributed by atoms with Gasteiger partial charge in [-0.2, -0.15) is 0 Å². The van der Waals surface area contributed by atoms with Crippen molar-refractivity contribution in [3.05, 3.63) is 60.2 Å². The third-order valence-corrected chi connectivity index (χ3v) is 3.67. The van der Waals surface area contributed by atoms with E-state index in [0.717, 1.165) is 18.0 Å². The van der Waals surface area contributed by atoms with Crippen LogP contribution >= 0.6 is 12.2 Å². The Kier molecular flexibility index (Phi) is 6.38. The molecule has 2 rings (SSSR count). The van der Waals surface area contributed by atoms with E-state index in [1.165, 1.54) is 10.5 Å². The Hall–Kier alpha value is -2.11. The van der Waals surface area contributed by atoms with Crippen molar-refractivity contribution in [3.8, 4) is 5.75 Å². The molecule has 3 N–H and O–H groups in total. The van der Waals surface area contributed by atoms with E-state index in [2.05, 4.69) is 36.9 Å². The quantitative estimate of drug-likeness (QED) is 0.707. The maximum absolute atomic E-state index is 5.47. The smallest absolute Gasteiger partial charge is 0.171 e. The number of anilines is 1. The highest BCUT2D eigenvalue weighted by atomic mass is 32.1. The molecule has 2 aromatic rings. The van der Waals surface area contributed by atoms with E-state index in [-0.39, 0.29) is 6.04 Å². The van der Waals surface area contributed by atoms with Gasteiger partial charge in [-0.05, 0) is 29.9 Å². The van der Waals surface area contributed by atoms with E-state index >= 15 is 0 Å². The molecular formula is C18H24N3OS+. The zero-order valence-corrected chi connectivity index (χ0v) is 14.6. The first-order valence-corrected chi connectivity index (χ1v) is 8.05. The summed E-state index contributed by atoms with van der Waals surface area (Å²) in [6.45, 7) is 0.934. The second kappa shape index (κ2) is 8.50. The summed E-state index contributed by atoms with van der Waals surface area (Å²) in [5, 5.41) is 7.24. The van der Waals surface area contributed by atoms with Crippen molar-refractivity contribution >= 4 is 23.0 Å². The average Bonchev–Trinajstić information content (AvgIpc) is 2.54. The highest BCUT2D eigenvalue weighted by Gasteiger charge is 2.16. The van der Waals surface area contributed by atoms with Gasteiger partial charge in [-0.15, -0.1) is 0 Å². The number of nitrogens with one attached hydrogen (secondary N) is 3. The molecular weight excluding hydrogens is 306 g/mol. The van der Waals surface area contributed by atoms with Crippen LogP contribution in [0.2, 0.25) is 0 Å².